The van der Waals surface area contributed by atoms with E-state index in [9.17, 15) is 0 Å². The Hall–Kier alpha value is -0.610. The average molecular weight is 256 g/mol. The van der Waals surface area contributed by atoms with E-state index in [2.05, 4.69) is 10.3 Å². The molecule has 2 aliphatic rings. The first-order valence-electron chi connectivity index (χ1n) is 6.38. The van der Waals surface area contributed by atoms with Crippen LogP contribution >= 0.6 is 11.6 Å². The molecule has 2 unspecified atom stereocenters. The van der Waals surface area contributed by atoms with Gasteiger partial charge in [0.25, 0.3) is 0 Å². The van der Waals surface area contributed by atoms with Crippen molar-refractivity contribution in [2.24, 2.45) is 0 Å². The Morgan fingerprint density at radius 2 is 2.41 bits per heavy atom. The van der Waals surface area contributed by atoms with Gasteiger partial charge in [-0.2, -0.15) is 0 Å². The minimum atomic E-state index is -0.0683. The highest BCUT2D eigenvalue weighted by Gasteiger charge is 2.43. The second-order valence-corrected chi connectivity index (χ2v) is 5.93. The number of rotatable bonds is 2. The van der Waals surface area contributed by atoms with E-state index < -0.39 is 0 Å². The molecule has 3 rings (SSSR count). The summed E-state index contributed by atoms with van der Waals surface area (Å²) in [5.74, 6) is 0. The van der Waals surface area contributed by atoms with Crippen LogP contribution in [0, 0.1) is 0 Å². The van der Waals surface area contributed by atoms with Gasteiger partial charge in [0.1, 0.15) is 5.69 Å². The van der Waals surface area contributed by atoms with Crippen molar-refractivity contribution in [3.63, 3.8) is 0 Å². The molecule has 17 heavy (non-hydrogen) atoms. The van der Waals surface area contributed by atoms with Crippen LogP contribution < -0.4 is 0 Å². The summed E-state index contributed by atoms with van der Waals surface area (Å²) in [6, 6.07) is 0.431. The van der Waals surface area contributed by atoms with Crippen LogP contribution in [0.1, 0.15) is 56.1 Å². The SMILES string of the molecule is CC(Cl)c1cn(C2CCOC3(CCC3)C2)nn1. The minimum Gasteiger partial charge on any atom is -0.375 e. The molecule has 2 heterocycles. The molecule has 0 radical (unpaired) electrons. The number of aromatic nitrogens is 3. The molecule has 1 aliphatic carbocycles. The van der Waals surface area contributed by atoms with Crippen LogP contribution in [-0.2, 0) is 4.74 Å². The third-order valence-electron chi connectivity index (χ3n) is 4.04. The summed E-state index contributed by atoms with van der Waals surface area (Å²) in [6.45, 7) is 2.77. The zero-order chi connectivity index (χ0) is 11.9. The highest BCUT2D eigenvalue weighted by molar-refractivity contribution is 6.20. The first kappa shape index (κ1) is 11.5. The first-order valence-corrected chi connectivity index (χ1v) is 6.82. The van der Waals surface area contributed by atoms with Gasteiger partial charge in [-0.3, -0.25) is 0 Å². The number of hydrogen-bond acceptors (Lipinski definition) is 3. The van der Waals surface area contributed by atoms with Gasteiger partial charge in [-0.05, 0) is 39.0 Å². The van der Waals surface area contributed by atoms with Crippen LogP contribution in [0.3, 0.4) is 0 Å². The Balaban J connectivity index is 1.74. The fourth-order valence-electron chi connectivity index (χ4n) is 2.80. The van der Waals surface area contributed by atoms with Gasteiger partial charge in [-0.25, -0.2) is 4.68 Å². The lowest BCUT2D eigenvalue weighted by molar-refractivity contribution is -0.141. The number of ether oxygens (including phenoxy) is 1. The Morgan fingerprint density at radius 1 is 1.59 bits per heavy atom. The van der Waals surface area contributed by atoms with E-state index in [1.807, 2.05) is 17.8 Å². The molecular formula is C12H18ClN3O. The maximum atomic E-state index is 6.01. The van der Waals surface area contributed by atoms with Crippen LogP contribution in [-0.4, -0.2) is 27.2 Å². The van der Waals surface area contributed by atoms with Crippen LogP contribution in [0.5, 0.6) is 0 Å². The summed E-state index contributed by atoms with van der Waals surface area (Å²) >= 11 is 6.01. The fourth-order valence-corrected chi connectivity index (χ4v) is 2.90. The summed E-state index contributed by atoms with van der Waals surface area (Å²) in [7, 11) is 0. The lowest BCUT2D eigenvalue weighted by Crippen LogP contribution is -2.46. The van der Waals surface area contributed by atoms with E-state index in [1.54, 1.807) is 0 Å². The van der Waals surface area contributed by atoms with Crippen LogP contribution in [0.2, 0.25) is 0 Å². The number of nitrogens with zero attached hydrogens (tertiary/aromatic N) is 3. The highest BCUT2D eigenvalue weighted by Crippen LogP contribution is 2.45. The summed E-state index contributed by atoms with van der Waals surface area (Å²) in [5, 5.41) is 8.27. The monoisotopic (exact) mass is 255 g/mol. The molecule has 2 fully saturated rings. The van der Waals surface area contributed by atoms with Crippen molar-refractivity contribution in [2.75, 3.05) is 6.61 Å². The predicted octanol–water partition coefficient (Wildman–Crippen LogP) is 2.85. The summed E-state index contributed by atoms with van der Waals surface area (Å²) in [5.41, 5.74) is 1.02. The molecule has 1 spiro atoms. The van der Waals surface area contributed by atoms with E-state index in [0.29, 0.717) is 6.04 Å². The molecule has 0 amide bonds. The molecule has 1 aliphatic heterocycles. The predicted molar refractivity (Wildman–Crippen MR) is 65.1 cm³/mol. The normalized spacial score (nSPS) is 28.9. The highest BCUT2D eigenvalue weighted by atomic mass is 35.5. The molecule has 0 aromatic carbocycles. The minimum absolute atomic E-state index is 0.0683. The summed E-state index contributed by atoms with van der Waals surface area (Å²) < 4.78 is 7.90. The summed E-state index contributed by atoms with van der Waals surface area (Å²) in [6.07, 6.45) is 7.80. The van der Waals surface area contributed by atoms with Crippen LogP contribution in [0.15, 0.2) is 6.20 Å². The molecular weight excluding hydrogens is 238 g/mol. The smallest absolute Gasteiger partial charge is 0.100 e. The number of alkyl halides is 1. The molecule has 2 atom stereocenters. The van der Waals surface area contributed by atoms with Gasteiger partial charge in [-0.15, -0.1) is 16.7 Å². The summed E-state index contributed by atoms with van der Waals surface area (Å²) in [4.78, 5) is 0. The topological polar surface area (TPSA) is 39.9 Å². The van der Waals surface area contributed by atoms with Gasteiger partial charge in [0.15, 0.2) is 0 Å². The van der Waals surface area contributed by atoms with Gasteiger partial charge < -0.3 is 4.74 Å². The van der Waals surface area contributed by atoms with Crippen molar-refractivity contribution in [2.45, 2.75) is 56.0 Å². The van der Waals surface area contributed by atoms with Crippen molar-refractivity contribution in [3.8, 4) is 0 Å². The molecule has 1 saturated carbocycles. The standard InChI is InChI=1S/C12H18ClN3O/c1-9(13)11-8-16(15-14-11)10-3-6-17-12(7-10)4-2-5-12/h8-10H,2-7H2,1H3. The maximum absolute atomic E-state index is 6.01. The second kappa shape index (κ2) is 4.25. The molecule has 5 heteroatoms. The second-order valence-electron chi connectivity index (χ2n) is 5.27. The van der Waals surface area contributed by atoms with Crippen molar-refractivity contribution in [1.82, 2.24) is 15.0 Å². The van der Waals surface area contributed by atoms with E-state index in [4.69, 9.17) is 16.3 Å². The lowest BCUT2D eigenvalue weighted by Gasteiger charge is -2.47. The van der Waals surface area contributed by atoms with E-state index >= 15 is 0 Å². The molecule has 1 aromatic heterocycles. The first-order chi connectivity index (χ1) is 8.19. The van der Waals surface area contributed by atoms with E-state index in [-0.39, 0.29) is 11.0 Å². The molecule has 1 saturated heterocycles. The third-order valence-corrected chi connectivity index (χ3v) is 4.27. The largest absolute Gasteiger partial charge is 0.375 e. The Morgan fingerprint density at radius 3 is 3.00 bits per heavy atom. The lowest BCUT2D eigenvalue weighted by atomic mass is 9.74. The molecule has 0 bridgehead atoms. The quantitative estimate of drug-likeness (QED) is 0.763. The van der Waals surface area contributed by atoms with Crippen molar-refractivity contribution < 1.29 is 4.74 Å². The van der Waals surface area contributed by atoms with Crippen molar-refractivity contribution >= 4 is 11.6 Å². The number of halogens is 1. The van der Waals surface area contributed by atoms with Gasteiger partial charge in [0.2, 0.25) is 0 Å². The molecule has 0 N–H and O–H groups in total. The Bertz CT molecular complexity index is 400. The number of hydrogen-bond donors (Lipinski definition) is 0. The molecule has 94 valence electrons. The zero-order valence-electron chi connectivity index (χ0n) is 10.1. The fraction of sp³-hybridized carbons (Fsp3) is 0.833. The molecule has 4 nitrogen and oxygen atoms in total. The van der Waals surface area contributed by atoms with Gasteiger partial charge in [0, 0.05) is 6.61 Å². The van der Waals surface area contributed by atoms with Crippen LogP contribution in [0.4, 0.5) is 0 Å². The van der Waals surface area contributed by atoms with E-state index in [0.717, 1.165) is 25.1 Å². The van der Waals surface area contributed by atoms with Crippen LogP contribution in [0.25, 0.3) is 0 Å². The van der Waals surface area contributed by atoms with Gasteiger partial charge >= 0.3 is 0 Å². The molecule has 1 aromatic rings. The van der Waals surface area contributed by atoms with Crippen molar-refractivity contribution in [3.05, 3.63) is 11.9 Å². The third kappa shape index (κ3) is 2.08. The maximum Gasteiger partial charge on any atom is 0.100 e. The van der Waals surface area contributed by atoms with Crippen molar-refractivity contribution in [1.29, 1.82) is 0 Å². The Kier molecular flexibility index (Phi) is 2.87. The average Bonchev–Trinajstić information content (AvgIpc) is 2.76. The Labute approximate surface area is 106 Å². The van der Waals surface area contributed by atoms with Gasteiger partial charge in [-0.1, -0.05) is 5.21 Å². The van der Waals surface area contributed by atoms with Gasteiger partial charge in [0.05, 0.1) is 23.2 Å². The van der Waals surface area contributed by atoms with E-state index in [1.165, 1.54) is 19.3 Å². The zero-order valence-corrected chi connectivity index (χ0v) is 10.9.